The lowest BCUT2D eigenvalue weighted by Gasteiger charge is -2.29. The second-order valence-corrected chi connectivity index (χ2v) is 12.3. The van der Waals surface area contributed by atoms with Crippen LogP contribution in [0.3, 0.4) is 0 Å². The van der Waals surface area contributed by atoms with Crippen molar-refractivity contribution in [2.45, 2.75) is 78.2 Å². The summed E-state index contributed by atoms with van der Waals surface area (Å²) >= 11 is 0. The van der Waals surface area contributed by atoms with Crippen molar-refractivity contribution in [2.24, 2.45) is 5.41 Å². The molecule has 1 unspecified atom stereocenters. The Balaban J connectivity index is 1.96. The van der Waals surface area contributed by atoms with E-state index in [1.807, 2.05) is 0 Å². The molecule has 3 N–H and O–H groups in total. The zero-order chi connectivity index (χ0) is 31.9. The van der Waals surface area contributed by atoms with Gasteiger partial charge in [-0.2, -0.15) is 10.3 Å². The van der Waals surface area contributed by atoms with Gasteiger partial charge >= 0.3 is 25.5 Å². The van der Waals surface area contributed by atoms with E-state index in [0.29, 0.717) is 0 Å². The molecule has 0 bridgehead atoms. The van der Waals surface area contributed by atoms with Gasteiger partial charge in [-0.3, -0.25) is 23.7 Å². The van der Waals surface area contributed by atoms with Gasteiger partial charge in [-0.15, -0.1) is 0 Å². The van der Waals surface area contributed by atoms with Gasteiger partial charge in [-0.05, 0) is 53.7 Å². The first-order valence-electron chi connectivity index (χ1n) is 13.5. The standard InChI is InChI=1S/C27H36N5O10P/c1-16(2)29-26(36)41-22-20(40-24(27(22,6)15-28)32-13-12-21(33)30-25(32)35)14-38-43(37,42-19-10-8-7-9-11-19)31-18(5)23(34)39-17(3)4/h7-13,16-18,20,22,24H,14H2,1-6H3,(H,29,36)(H,31,37)(H,30,33,35)/t18-,20+,22+,24+,27+,43?/m0/s1. The maximum Gasteiger partial charge on any atom is 0.459 e. The van der Waals surface area contributed by atoms with Crippen LogP contribution >= 0.6 is 7.75 Å². The van der Waals surface area contributed by atoms with Crippen molar-refractivity contribution < 1.29 is 37.4 Å². The van der Waals surface area contributed by atoms with E-state index in [9.17, 15) is 29.0 Å². The third kappa shape index (κ3) is 8.55. The Hall–Kier alpha value is -3.96. The summed E-state index contributed by atoms with van der Waals surface area (Å²) in [5, 5.41) is 15.4. The Kier molecular flexibility index (Phi) is 10.9. The first-order chi connectivity index (χ1) is 20.2. The smallest absolute Gasteiger partial charge is 0.459 e. The van der Waals surface area contributed by atoms with E-state index in [2.05, 4.69) is 21.5 Å². The Morgan fingerprint density at radius 1 is 1.16 bits per heavy atom. The number of nitrogens with zero attached hydrogens (tertiary/aromatic N) is 2. The number of benzene rings is 1. The van der Waals surface area contributed by atoms with Crippen LogP contribution in [0.1, 0.15) is 47.8 Å². The number of nitrogens with one attached hydrogen (secondary N) is 3. The summed E-state index contributed by atoms with van der Waals surface area (Å²) in [7, 11) is -4.37. The van der Waals surface area contributed by atoms with Crippen molar-refractivity contribution in [3.05, 3.63) is 63.4 Å². The van der Waals surface area contributed by atoms with Gasteiger partial charge in [0.25, 0.3) is 5.56 Å². The van der Waals surface area contributed by atoms with Crippen LogP contribution in [0, 0.1) is 16.7 Å². The van der Waals surface area contributed by atoms with Crippen LogP contribution in [0.4, 0.5) is 4.79 Å². The number of esters is 1. The summed E-state index contributed by atoms with van der Waals surface area (Å²) < 4.78 is 43.2. The van der Waals surface area contributed by atoms with E-state index in [1.54, 1.807) is 45.9 Å². The number of carbonyl (C=O) groups is 2. The van der Waals surface area contributed by atoms with Crippen molar-refractivity contribution >= 4 is 19.8 Å². The minimum Gasteiger partial charge on any atom is -0.462 e. The molecule has 2 heterocycles. The van der Waals surface area contributed by atoms with E-state index in [4.69, 9.17) is 23.3 Å². The summed E-state index contributed by atoms with van der Waals surface area (Å²) in [5.74, 6) is -0.563. The van der Waals surface area contributed by atoms with Crippen LogP contribution < -0.4 is 26.2 Å². The van der Waals surface area contributed by atoms with E-state index < -0.39 is 73.7 Å². The molecule has 16 heteroatoms. The highest BCUT2D eigenvalue weighted by atomic mass is 31.2. The molecule has 0 radical (unpaired) electrons. The molecule has 15 nitrogen and oxygen atoms in total. The molecular formula is C27H36N5O10P. The number of alkyl carbamates (subject to hydrolysis) is 1. The van der Waals surface area contributed by atoms with Gasteiger partial charge in [0, 0.05) is 18.3 Å². The van der Waals surface area contributed by atoms with E-state index in [0.717, 1.165) is 16.8 Å². The number of hydrogen-bond acceptors (Lipinski definition) is 11. The Labute approximate surface area is 248 Å². The summed E-state index contributed by atoms with van der Waals surface area (Å²) in [6.45, 7) is 8.95. The topological polar surface area (TPSA) is 200 Å². The number of ether oxygens (including phenoxy) is 3. The van der Waals surface area contributed by atoms with Crippen LogP contribution in [-0.4, -0.2) is 58.6 Å². The second kappa shape index (κ2) is 14.0. The highest BCUT2D eigenvalue weighted by Crippen LogP contribution is 2.49. The van der Waals surface area contributed by atoms with Gasteiger partial charge in [0.05, 0.1) is 18.8 Å². The Morgan fingerprint density at radius 3 is 2.42 bits per heavy atom. The van der Waals surface area contributed by atoms with Gasteiger partial charge in [0.15, 0.2) is 12.3 Å². The fourth-order valence-corrected chi connectivity index (χ4v) is 5.71. The lowest BCUT2D eigenvalue weighted by atomic mass is 9.83. The molecule has 1 aliphatic rings. The van der Waals surface area contributed by atoms with E-state index in [1.165, 1.54) is 26.0 Å². The fraction of sp³-hybridized carbons (Fsp3) is 0.519. The monoisotopic (exact) mass is 621 g/mol. The molecule has 43 heavy (non-hydrogen) atoms. The number of hydrogen-bond donors (Lipinski definition) is 3. The Bertz CT molecular complexity index is 1490. The number of para-hydroxylation sites is 1. The van der Waals surface area contributed by atoms with Crippen molar-refractivity contribution in [2.75, 3.05) is 6.61 Å². The van der Waals surface area contributed by atoms with Crippen molar-refractivity contribution in [3.8, 4) is 11.8 Å². The van der Waals surface area contributed by atoms with Crippen LogP contribution in [0.15, 0.2) is 52.2 Å². The number of nitriles is 1. The number of H-pyrrole nitrogens is 1. The zero-order valence-electron chi connectivity index (χ0n) is 24.6. The fourth-order valence-electron chi connectivity index (χ4n) is 4.21. The van der Waals surface area contributed by atoms with Gasteiger partial charge in [0.1, 0.15) is 23.3 Å². The number of aromatic nitrogens is 2. The summed E-state index contributed by atoms with van der Waals surface area (Å²) in [5.41, 5.74) is -3.24. The Morgan fingerprint density at radius 2 is 1.84 bits per heavy atom. The van der Waals surface area contributed by atoms with Gasteiger partial charge in [0.2, 0.25) is 0 Å². The molecular weight excluding hydrogens is 585 g/mol. The maximum absolute atomic E-state index is 14.0. The highest BCUT2D eigenvalue weighted by Gasteiger charge is 2.58. The molecule has 1 aliphatic heterocycles. The lowest BCUT2D eigenvalue weighted by molar-refractivity contribution is -0.149. The molecule has 1 aromatic heterocycles. The van der Waals surface area contributed by atoms with Gasteiger partial charge < -0.3 is 24.1 Å². The molecule has 0 saturated carbocycles. The van der Waals surface area contributed by atoms with Crippen LogP contribution in [0.25, 0.3) is 0 Å². The molecule has 1 saturated heterocycles. The molecule has 6 atom stereocenters. The molecule has 1 aromatic carbocycles. The van der Waals surface area contributed by atoms with Crippen molar-refractivity contribution in [1.29, 1.82) is 5.26 Å². The van der Waals surface area contributed by atoms with Crippen molar-refractivity contribution in [1.82, 2.24) is 20.0 Å². The van der Waals surface area contributed by atoms with Gasteiger partial charge in [-0.25, -0.2) is 14.2 Å². The highest BCUT2D eigenvalue weighted by molar-refractivity contribution is 7.52. The SMILES string of the molecule is CC(C)NC(=O)O[C@@H]1[C@@H](COP(=O)(N[C@@H](C)C(=O)OC(C)C)Oc2ccccc2)O[C@@H](n2ccc(=O)[nH]c2=O)[C@]1(C)C#N. The number of amides is 1. The predicted molar refractivity (Wildman–Crippen MR) is 152 cm³/mol. The van der Waals surface area contributed by atoms with Gasteiger partial charge in [-0.1, -0.05) is 18.2 Å². The molecule has 1 amide bonds. The first-order valence-corrected chi connectivity index (χ1v) is 15.0. The van der Waals surface area contributed by atoms with E-state index >= 15 is 0 Å². The minimum absolute atomic E-state index is 0.152. The summed E-state index contributed by atoms with van der Waals surface area (Å²) in [6.07, 6.45) is -4.19. The zero-order valence-corrected chi connectivity index (χ0v) is 25.5. The summed E-state index contributed by atoms with van der Waals surface area (Å²) in [4.78, 5) is 51.6. The van der Waals surface area contributed by atoms with E-state index in [-0.39, 0.29) is 11.8 Å². The molecule has 0 spiro atoms. The average Bonchev–Trinajstić information content (AvgIpc) is 3.18. The minimum atomic E-state index is -4.37. The molecule has 2 aromatic rings. The average molecular weight is 622 g/mol. The summed E-state index contributed by atoms with van der Waals surface area (Å²) in [6, 6.07) is 9.71. The molecule has 1 fully saturated rings. The molecule has 0 aliphatic carbocycles. The number of aromatic amines is 1. The molecule has 234 valence electrons. The largest absolute Gasteiger partial charge is 0.462 e. The quantitative estimate of drug-likeness (QED) is 0.231. The number of rotatable bonds is 12. The van der Waals surface area contributed by atoms with Crippen LogP contribution in [-0.2, 0) is 28.1 Å². The lowest BCUT2D eigenvalue weighted by Crippen LogP contribution is -2.45. The number of carbonyl (C=O) groups excluding carboxylic acids is 2. The second-order valence-electron chi connectivity index (χ2n) is 10.6. The third-order valence-corrected chi connectivity index (χ3v) is 7.81. The van der Waals surface area contributed by atoms with Crippen LogP contribution in [0.2, 0.25) is 0 Å². The normalized spacial score (nSPS) is 23.7. The first kappa shape index (κ1) is 33.5. The predicted octanol–water partition coefficient (Wildman–Crippen LogP) is 2.60. The molecule has 3 rings (SSSR count). The van der Waals surface area contributed by atoms with Crippen LogP contribution in [0.5, 0.6) is 5.75 Å². The third-order valence-electron chi connectivity index (χ3n) is 6.17. The maximum atomic E-state index is 14.0. The van der Waals surface area contributed by atoms with Crippen molar-refractivity contribution in [3.63, 3.8) is 0 Å².